The lowest BCUT2D eigenvalue weighted by molar-refractivity contribution is -0.386. The molecule has 3 heterocycles. The van der Waals surface area contributed by atoms with E-state index in [2.05, 4.69) is 26.8 Å². The molecule has 8 rings (SSSR count). The highest BCUT2D eigenvalue weighted by Gasteiger charge is 2.73. The zero-order chi connectivity index (χ0) is 53.9. The lowest BCUT2D eigenvalue weighted by Crippen LogP contribution is -2.69. The molecular weight excluding hydrogens is 965 g/mol. The normalized spacial score (nSPS) is 49.7. The van der Waals surface area contributed by atoms with Crippen LogP contribution in [0.3, 0.4) is 0 Å². The summed E-state index contributed by atoms with van der Waals surface area (Å²) in [6, 6.07) is 0. The van der Waals surface area contributed by atoms with Gasteiger partial charge in [-0.25, -0.2) is 4.79 Å². The highest BCUT2D eigenvalue weighted by molar-refractivity contribution is 5.81. The quantitative estimate of drug-likeness (QED) is 0.0732. The molecule has 8 aliphatic rings. The average molecular weight is 1040 g/mol. The minimum atomic E-state index is -2.07. The molecule has 0 aromatic rings. The molecule has 3 aliphatic heterocycles. The van der Waals surface area contributed by atoms with E-state index in [1.165, 1.54) is 13.8 Å². The number of ether oxygens (including phenoxy) is 7. The summed E-state index contributed by atoms with van der Waals surface area (Å²) in [5.74, 6) is -5.51. The Kier molecular flexibility index (Phi) is 15.0. The second-order valence-corrected chi connectivity index (χ2v) is 24.9. The number of allylic oxidation sites excluding steroid dienone is 2. The van der Waals surface area contributed by atoms with Crippen molar-refractivity contribution in [2.45, 2.75) is 217 Å². The molecule has 0 radical (unpaired) electrons. The third-order valence-electron chi connectivity index (χ3n) is 19.7. The van der Waals surface area contributed by atoms with Gasteiger partial charge in [0.25, 0.3) is 0 Å². The van der Waals surface area contributed by atoms with Crippen LogP contribution in [-0.2, 0) is 52.3 Å². The molecule has 23 unspecified atom stereocenters. The Bertz CT molecular complexity index is 2150. The molecule has 0 spiro atoms. The Morgan fingerprint density at radius 1 is 0.671 bits per heavy atom. The van der Waals surface area contributed by atoms with Crippen LogP contribution in [0.25, 0.3) is 0 Å². The maximum atomic E-state index is 13.8. The summed E-state index contributed by atoms with van der Waals surface area (Å²) >= 11 is 0. The molecule has 4 saturated carbocycles. The average Bonchev–Trinajstić information content (AvgIpc) is 3.28. The minimum absolute atomic E-state index is 0.0234. The summed E-state index contributed by atoms with van der Waals surface area (Å²) in [6.45, 7) is 14.2. The predicted molar refractivity (Wildman–Crippen MR) is 247 cm³/mol. The molecule has 3 saturated heterocycles. The SMILES string of the molecule is CC(C)(O)CC(=O)OC1CC2(C)C(=CCC3C4(C)CCC(OC5OC(C(=O)O)C(O)C(OC6OCC(O)C(O)C6O)C5OC5OCC(O)C(O)C5O)C(C)(C)C4CCC32C)C2CC(C)(C(=O)O)CCC12C(=O)O. The molecule has 22 nitrogen and oxygen atoms in total. The van der Waals surface area contributed by atoms with Crippen molar-refractivity contribution in [2.75, 3.05) is 13.2 Å². The summed E-state index contributed by atoms with van der Waals surface area (Å²) < 4.78 is 42.4. The van der Waals surface area contributed by atoms with Gasteiger partial charge in [-0.3, -0.25) is 14.4 Å². The predicted octanol–water partition coefficient (Wildman–Crippen LogP) is 0.824. The number of carbonyl (C=O) groups excluding carboxylic acids is 1. The smallest absolute Gasteiger partial charge is 0.335 e. The van der Waals surface area contributed by atoms with E-state index in [9.17, 15) is 75.3 Å². The van der Waals surface area contributed by atoms with Crippen molar-refractivity contribution in [3.63, 3.8) is 0 Å². The van der Waals surface area contributed by atoms with Gasteiger partial charge >= 0.3 is 23.9 Å². The van der Waals surface area contributed by atoms with Gasteiger partial charge < -0.3 is 89.3 Å². The first-order valence-corrected chi connectivity index (χ1v) is 25.7. The van der Waals surface area contributed by atoms with E-state index in [4.69, 9.17) is 33.2 Å². The van der Waals surface area contributed by atoms with Gasteiger partial charge in [-0.05, 0) is 112 Å². The fourth-order valence-corrected chi connectivity index (χ4v) is 15.4. The van der Waals surface area contributed by atoms with Crippen LogP contribution in [0, 0.1) is 50.2 Å². The highest BCUT2D eigenvalue weighted by atomic mass is 16.8. The van der Waals surface area contributed by atoms with E-state index in [1.807, 2.05) is 13.8 Å². The molecule has 0 aromatic heterocycles. The Morgan fingerprint density at radius 2 is 1.26 bits per heavy atom. The van der Waals surface area contributed by atoms with Gasteiger partial charge in [0.15, 0.2) is 25.0 Å². The van der Waals surface area contributed by atoms with E-state index in [-0.39, 0.29) is 43.9 Å². The van der Waals surface area contributed by atoms with Crippen LogP contribution in [0.5, 0.6) is 0 Å². The molecule has 0 amide bonds. The number of aliphatic carboxylic acids is 3. The number of aliphatic hydroxyl groups excluding tert-OH is 7. The third kappa shape index (κ3) is 9.27. The Morgan fingerprint density at radius 3 is 1.81 bits per heavy atom. The number of carboxylic acids is 3. The summed E-state index contributed by atoms with van der Waals surface area (Å²) in [7, 11) is 0. The van der Waals surface area contributed by atoms with Crippen molar-refractivity contribution in [3.05, 3.63) is 11.6 Å². The van der Waals surface area contributed by atoms with Crippen LogP contribution in [0.2, 0.25) is 0 Å². The van der Waals surface area contributed by atoms with Gasteiger partial charge in [-0.2, -0.15) is 0 Å². The third-order valence-corrected chi connectivity index (χ3v) is 19.7. The lowest BCUT2D eigenvalue weighted by atomic mass is 9.33. The van der Waals surface area contributed by atoms with Gasteiger partial charge in [0, 0.05) is 5.92 Å². The van der Waals surface area contributed by atoms with Crippen molar-refractivity contribution < 1.29 is 109 Å². The van der Waals surface area contributed by atoms with Gasteiger partial charge in [0.05, 0.1) is 36.8 Å². The summed E-state index contributed by atoms with van der Waals surface area (Å²) in [6.07, 6.45) is -20.3. The first-order chi connectivity index (χ1) is 33.8. The fraction of sp³-hybridized carbons (Fsp3) is 0.882. The molecule has 0 aromatic carbocycles. The highest BCUT2D eigenvalue weighted by Crippen LogP contribution is 2.76. The number of carbonyl (C=O) groups is 4. The van der Waals surface area contributed by atoms with Gasteiger partial charge in [0.2, 0.25) is 0 Å². The van der Waals surface area contributed by atoms with Crippen molar-refractivity contribution in [2.24, 2.45) is 50.2 Å². The van der Waals surface area contributed by atoms with Crippen LogP contribution in [-0.4, -0.2) is 191 Å². The molecule has 0 bridgehead atoms. The zero-order valence-electron chi connectivity index (χ0n) is 42.9. The van der Waals surface area contributed by atoms with E-state index < -0.39 is 173 Å². The monoisotopic (exact) mass is 1040 g/mol. The van der Waals surface area contributed by atoms with Crippen LogP contribution in [0.4, 0.5) is 0 Å². The fourth-order valence-electron chi connectivity index (χ4n) is 15.4. The Balaban J connectivity index is 1.12. The molecule has 5 aliphatic carbocycles. The number of esters is 1. The second kappa shape index (κ2) is 19.5. The maximum Gasteiger partial charge on any atom is 0.335 e. The van der Waals surface area contributed by atoms with E-state index in [1.54, 1.807) is 6.92 Å². The topological polar surface area (TPSA) is 355 Å². The molecule has 73 heavy (non-hydrogen) atoms. The second-order valence-electron chi connectivity index (χ2n) is 24.9. The van der Waals surface area contributed by atoms with Crippen LogP contribution in [0.15, 0.2) is 11.6 Å². The maximum absolute atomic E-state index is 13.8. The molecular formula is C51H78O22. The number of fused-ring (bicyclic) bond motifs is 7. The number of carboxylic acid groups (broad SMARTS) is 3. The molecule has 23 atom stereocenters. The largest absolute Gasteiger partial charge is 0.481 e. The van der Waals surface area contributed by atoms with Crippen molar-refractivity contribution >= 4 is 23.9 Å². The van der Waals surface area contributed by atoms with E-state index >= 15 is 0 Å². The van der Waals surface area contributed by atoms with Crippen molar-refractivity contribution in [1.29, 1.82) is 0 Å². The summed E-state index contributed by atoms with van der Waals surface area (Å²) in [4.78, 5) is 53.1. The number of hydrogen-bond donors (Lipinski definition) is 11. The van der Waals surface area contributed by atoms with E-state index in [0.29, 0.717) is 32.1 Å². The number of hydrogen-bond acceptors (Lipinski definition) is 19. The zero-order valence-corrected chi connectivity index (χ0v) is 42.9. The van der Waals surface area contributed by atoms with E-state index in [0.717, 1.165) is 5.57 Å². The Hall–Kier alpha value is -2.94. The van der Waals surface area contributed by atoms with Crippen LogP contribution < -0.4 is 0 Å². The van der Waals surface area contributed by atoms with Crippen LogP contribution >= 0.6 is 0 Å². The first-order valence-electron chi connectivity index (χ1n) is 25.7. The molecule has 414 valence electrons. The molecule has 22 heteroatoms. The first kappa shape index (κ1) is 56.3. The van der Waals surface area contributed by atoms with Crippen molar-refractivity contribution in [3.8, 4) is 0 Å². The van der Waals surface area contributed by atoms with Crippen molar-refractivity contribution in [1.82, 2.24) is 0 Å². The number of rotatable bonds is 12. The molecule has 11 N–H and O–H groups in total. The Labute approximate surface area is 423 Å². The lowest BCUT2D eigenvalue weighted by Gasteiger charge is -2.71. The minimum Gasteiger partial charge on any atom is -0.481 e. The van der Waals surface area contributed by atoms with Gasteiger partial charge in [0.1, 0.15) is 66.5 Å². The summed E-state index contributed by atoms with van der Waals surface area (Å²) in [5, 5.41) is 118. The summed E-state index contributed by atoms with van der Waals surface area (Å²) in [5.41, 5.74) is -5.96. The standard InChI is InChI=1S/C51H78O22/c1-45(2,66)19-30(54)69-29-18-50(8)22(23-17-47(5,43(62)63)15-16-51(23,29)44(64)65)9-10-27-48(6)13-12-28(46(3,4)26(48)11-14-49(27,50)7)70-42-38(73-41-34(58)32(56)25(53)21-68-41)36(35(59)37(72-42)39(60)61)71-40-33(57)31(55)24(52)20-67-40/h9,23-29,31-38,40-42,52-53,55-59,66H,10-21H2,1-8H3,(H,60,61)(H,62,63)(H,64,65). The van der Waals surface area contributed by atoms with Gasteiger partial charge in [-0.15, -0.1) is 0 Å². The number of aliphatic hydroxyl groups is 8. The van der Waals surface area contributed by atoms with Gasteiger partial charge in [-0.1, -0.05) is 46.3 Å². The van der Waals surface area contributed by atoms with Crippen LogP contribution in [0.1, 0.15) is 120 Å². The molecule has 7 fully saturated rings.